The van der Waals surface area contributed by atoms with Crippen LogP contribution in [0.4, 0.5) is 5.95 Å². The number of hydrogen-bond donors (Lipinski definition) is 3. The van der Waals surface area contributed by atoms with E-state index in [9.17, 15) is 15.0 Å². The minimum Gasteiger partial charge on any atom is -0.388 e. The fourth-order valence-corrected chi connectivity index (χ4v) is 2.19. The van der Waals surface area contributed by atoms with Gasteiger partial charge in [-0.05, 0) is 6.92 Å². The molecule has 1 saturated heterocycles. The lowest BCUT2D eigenvalue weighted by Crippen LogP contribution is -2.30. The molecule has 102 valence electrons. The highest BCUT2D eigenvalue weighted by atomic mass is 16.6. The first-order valence-corrected chi connectivity index (χ1v) is 5.73. The van der Waals surface area contributed by atoms with Crippen LogP contribution in [-0.4, -0.2) is 47.5 Å². The average Bonchev–Trinajstić information content (AvgIpc) is 2.86. The first kappa shape index (κ1) is 12.1. The monoisotopic (exact) mass is 267 g/mol. The summed E-state index contributed by atoms with van der Waals surface area (Å²) in [4.78, 5) is 19.0. The number of rotatable bonds is 1. The van der Waals surface area contributed by atoms with Gasteiger partial charge in [-0.2, -0.15) is 9.97 Å². The largest absolute Gasteiger partial charge is 0.388 e. The Morgan fingerprint density at radius 1 is 1.32 bits per heavy atom. The van der Waals surface area contributed by atoms with Crippen LogP contribution in [0.2, 0.25) is 0 Å². The molecule has 1 aliphatic heterocycles. The Kier molecular flexibility index (Phi) is 2.55. The summed E-state index contributed by atoms with van der Waals surface area (Å²) in [6.45, 7) is 1.65. The maximum atomic E-state index is 11.6. The highest BCUT2D eigenvalue weighted by Gasteiger charge is 2.41. The van der Waals surface area contributed by atoms with Crippen molar-refractivity contribution in [3.8, 4) is 0 Å². The molecule has 19 heavy (non-hydrogen) atoms. The Morgan fingerprint density at radius 3 is 2.68 bits per heavy atom. The van der Waals surface area contributed by atoms with Gasteiger partial charge in [-0.3, -0.25) is 4.57 Å². The Bertz CT molecular complexity index is 680. The lowest BCUT2D eigenvalue weighted by atomic mass is 10.1. The van der Waals surface area contributed by atoms with Crippen molar-refractivity contribution >= 4 is 11.7 Å². The molecule has 3 rings (SSSR count). The van der Waals surface area contributed by atoms with Gasteiger partial charge < -0.3 is 20.7 Å². The van der Waals surface area contributed by atoms with Gasteiger partial charge in [0.1, 0.15) is 12.2 Å². The molecule has 9 heteroatoms. The zero-order chi connectivity index (χ0) is 13.7. The zero-order valence-corrected chi connectivity index (χ0v) is 10.0. The van der Waals surface area contributed by atoms with Crippen molar-refractivity contribution < 1.29 is 14.9 Å². The fraction of sp³-hybridized carbons (Fsp3) is 0.500. The Hall–Kier alpha value is -1.97. The van der Waals surface area contributed by atoms with Gasteiger partial charge >= 0.3 is 5.69 Å². The minimum absolute atomic E-state index is 0.161. The van der Waals surface area contributed by atoms with Crippen LogP contribution in [0.15, 0.2) is 17.2 Å². The van der Waals surface area contributed by atoms with Crippen molar-refractivity contribution in [2.75, 3.05) is 5.73 Å². The first-order valence-electron chi connectivity index (χ1n) is 5.73. The molecule has 9 nitrogen and oxygen atoms in total. The molecule has 0 aliphatic carbocycles. The lowest BCUT2D eigenvalue weighted by Gasteiger charge is -2.16. The topological polar surface area (TPSA) is 128 Å². The van der Waals surface area contributed by atoms with Gasteiger partial charge in [0.15, 0.2) is 6.23 Å². The molecule has 2 aromatic heterocycles. The van der Waals surface area contributed by atoms with Gasteiger partial charge in [-0.25, -0.2) is 9.20 Å². The Labute approximate surface area is 106 Å². The number of fused-ring (bicyclic) bond motifs is 1. The minimum atomic E-state index is -1.11. The number of aliphatic hydroxyl groups is 2. The third-order valence-corrected chi connectivity index (χ3v) is 3.20. The van der Waals surface area contributed by atoms with E-state index in [1.54, 1.807) is 6.92 Å². The highest BCUT2D eigenvalue weighted by molar-refractivity contribution is 5.35. The van der Waals surface area contributed by atoms with E-state index in [0.29, 0.717) is 0 Å². The summed E-state index contributed by atoms with van der Waals surface area (Å²) in [5.41, 5.74) is 4.87. The van der Waals surface area contributed by atoms with Crippen molar-refractivity contribution in [3.05, 3.63) is 22.9 Å². The van der Waals surface area contributed by atoms with Crippen molar-refractivity contribution in [2.45, 2.75) is 31.5 Å². The van der Waals surface area contributed by atoms with Crippen LogP contribution in [0, 0.1) is 0 Å². The molecule has 0 radical (unpaired) electrons. The van der Waals surface area contributed by atoms with Gasteiger partial charge in [0.05, 0.1) is 6.10 Å². The van der Waals surface area contributed by atoms with Crippen molar-refractivity contribution in [2.24, 2.45) is 0 Å². The summed E-state index contributed by atoms with van der Waals surface area (Å²) in [5, 5.41) is 19.6. The maximum absolute atomic E-state index is 11.6. The van der Waals surface area contributed by atoms with Gasteiger partial charge in [-0.15, -0.1) is 0 Å². The van der Waals surface area contributed by atoms with E-state index in [4.69, 9.17) is 10.5 Å². The molecule has 1 fully saturated rings. The molecule has 1 unspecified atom stereocenters. The van der Waals surface area contributed by atoms with Gasteiger partial charge in [0.25, 0.3) is 0 Å². The molecule has 0 saturated carbocycles. The third-order valence-electron chi connectivity index (χ3n) is 3.20. The molecule has 4 atom stereocenters. The highest BCUT2D eigenvalue weighted by Crippen LogP contribution is 2.29. The van der Waals surface area contributed by atoms with Crippen LogP contribution in [0.1, 0.15) is 13.2 Å². The molecule has 2 aromatic rings. The fourth-order valence-electron chi connectivity index (χ4n) is 2.19. The summed E-state index contributed by atoms with van der Waals surface area (Å²) < 4.78 is 8.09. The number of aliphatic hydroxyl groups excluding tert-OH is 2. The molecule has 3 heterocycles. The second-order valence-corrected chi connectivity index (χ2v) is 4.45. The number of ether oxygens (including phenoxy) is 1. The van der Waals surface area contributed by atoms with E-state index in [-0.39, 0.29) is 11.7 Å². The van der Waals surface area contributed by atoms with E-state index in [0.717, 1.165) is 0 Å². The Morgan fingerprint density at radius 2 is 2.05 bits per heavy atom. The van der Waals surface area contributed by atoms with Crippen LogP contribution in [0.25, 0.3) is 5.78 Å². The predicted molar refractivity (Wildman–Crippen MR) is 63.3 cm³/mol. The van der Waals surface area contributed by atoms with Crippen LogP contribution in [0.3, 0.4) is 0 Å². The lowest BCUT2D eigenvalue weighted by molar-refractivity contribution is -0.0299. The van der Waals surface area contributed by atoms with E-state index < -0.39 is 30.2 Å². The molecule has 1 aliphatic rings. The maximum Gasteiger partial charge on any atom is 0.357 e. The van der Waals surface area contributed by atoms with Crippen LogP contribution in [0.5, 0.6) is 0 Å². The molecule has 0 aromatic carbocycles. The molecular formula is C10H13N5O4. The number of nitrogens with two attached hydrogens (primary N) is 1. The number of nitrogens with zero attached hydrogens (tertiary/aromatic N) is 4. The van der Waals surface area contributed by atoms with Gasteiger partial charge in [0, 0.05) is 12.4 Å². The normalized spacial score (nSPS) is 31.1. The molecule has 0 spiro atoms. The summed E-state index contributed by atoms with van der Waals surface area (Å²) in [7, 11) is 0. The summed E-state index contributed by atoms with van der Waals surface area (Å²) in [6, 6.07) is 0. The molecule has 4 N–H and O–H groups in total. The molecule has 0 amide bonds. The standard InChI is InChI=1S/C10H13N5O4/c1-4-5(16)6(17)7(19-4)14-2-3-15-9(14)12-8(11)13-10(15)18/h2-7,16-17H,1H3,(H2,11,13,18)/t4-,5-,6-,7?/m1/s1. The van der Waals surface area contributed by atoms with Crippen molar-refractivity contribution in [3.63, 3.8) is 0 Å². The number of imidazole rings is 1. The number of hydrogen-bond acceptors (Lipinski definition) is 7. The molecular weight excluding hydrogens is 254 g/mol. The van der Waals surface area contributed by atoms with Crippen LogP contribution in [-0.2, 0) is 4.74 Å². The van der Waals surface area contributed by atoms with Crippen LogP contribution >= 0.6 is 0 Å². The average molecular weight is 267 g/mol. The second-order valence-electron chi connectivity index (χ2n) is 4.45. The summed E-state index contributed by atoms with van der Waals surface area (Å²) in [5.74, 6) is 0.0360. The third kappa shape index (κ3) is 1.70. The number of aromatic nitrogens is 4. The summed E-state index contributed by atoms with van der Waals surface area (Å²) >= 11 is 0. The van der Waals surface area contributed by atoms with E-state index in [1.165, 1.54) is 21.4 Å². The van der Waals surface area contributed by atoms with E-state index >= 15 is 0 Å². The van der Waals surface area contributed by atoms with Gasteiger partial charge in [0.2, 0.25) is 11.7 Å². The quantitative estimate of drug-likeness (QED) is 0.551. The van der Waals surface area contributed by atoms with E-state index in [1.807, 2.05) is 0 Å². The first-order chi connectivity index (χ1) is 8.99. The van der Waals surface area contributed by atoms with Gasteiger partial charge in [-0.1, -0.05) is 0 Å². The van der Waals surface area contributed by atoms with E-state index in [2.05, 4.69) is 9.97 Å². The zero-order valence-electron chi connectivity index (χ0n) is 10.0. The predicted octanol–water partition coefficient (Wildman–Crippen LogP) is -1.89. The number of anilines is 1. The molecule has 0 bridgehead atoms. The summed E-state index contributed by atoms with van der Waals surface area (Å²) in [6.07, 6.45) is -0.501. The Balaban J connectivity index is 2.14. The smallest absolute Gasteiger partial charge is 0.357 e. The number of nitrogen functional groups attached to an aromatic ring is 1. The SMILES string of the molecule is C[C@H]1OC(n2ccn3c(=O)nc(N)nc23)[C@H](O)[C@@H]1O. The van der Waals surface area contributed by atoms with Crippen molar-refractivity contribution in [1.82, 2.24) is 18.9 Å². The van der Waals surface area contributed by atoms with Crippen molar-refractivity contribution in [1.29, 1.82) is 0 Å². The van der Waals surface area contributed by atoms with Crippen LogP contribution < -0.4 is 11.4 Å². The second kappa shape index (κ2) is 4.02.